The standard InChI is InChI=1S/C32H23FN4O4/c1-41-30-11-2-19(14-23(30)16-31(38)39)15-27-26-17-25(28(33)18-29(26)35-32(27)40)22-5-3-20(4-6-22)21-7-9-24(10-8-21)37-13-12-34-36-37/h2-15,17-18H,16H2,1H3,(H,35,40)(H,38,39)/b27-15-. The van der Waals surface area contributed by atoms with Gasteiger partial charge in [-0.15, -0.1) is 5.10 Å². The molecule has 6 rings (SSSR count). The summed E-state index contributed by atoms with van der Waals surface area (Å²) in [5.74, 6) is -1.36. The normalized spacial score (nSPS) is 13.2. The van der Waals surface area contributed by atoms with Crippen LogP contribution < -0.4 is 10.1 Å². The maximum atomic E-state index is 15.2. The number of nitrogens with one attached hydrogen (secondary N) is 1. The number of carboxylic acids is 1. The molecule has 2 heterocycles. The van der Waals surface area contributed by atoms with Gasteiger partial charge in [0.15, 0.2) is 0 Å². The van der Waals surface area contributed by atoms with E-state index >= 15 is 4.39 Å². The van der Waals surface area contributed by atoms with Crippen LogP contribution in [0, 0.1) is 5.82 Å². The average Bonchev–Trinajstić information content (AvgIpc) is 3.61. The zero-order valence-corrected chi connectivity index (χ0v) is 21.8. The van der Waals surface area contributed by atoms with Crippen molar-refractivity contribution < 1.29 is 23.8 Å². The maximum Gasteiger partial charge on any atom is 0.307 e. The third-order valence-electron chi connectivity index (χ3n) is 6.93. The zero-order chi connectivity index (χ0) is 28.5. The Morgan fingerprint density at radius 1 is 0.976 bits per heavy atom. The number of ether oxygens (including phenoxy) is 1. The lowest BCUT2D eigenvalue weighted by atomic mass is 9.95. The first-order valence-electron chi connectivity index (χ1n) is 12.7. The SMILES string of the molecule is COc1ccc(/C=C2\C(=O)Nc3cc(F)c(-c4ccc(-c5ccc(-n6ccnn6)cc5)cc4)cc32)cc1CC(=O)O. The number of hydrogen-bond acceptors (Lipinski definition) is 5. The minimum atomic E-state index is -0.994. The lowest BCUT2D eigenvalue weighted by molar-refractivity contribution is -0.136. The largest absolute Gasteiger partial charge is 0.496 e. The van der Waals surface area contributed by atoms with Gasteiger partial charge in [-0.2, -0.15) is 0 Å². The minimum absolute atomic E-state index is 0.222. The van der Waals surface area contributed by atoms with E-state index in [1.165, 1.54) is 13.2 Å². The summed E-state index contributed by atoms with van der Waals surface area (Å²) in [5, 5.41) is 19.8. The summed E-state index contributed by atoms with van der Waals surface area (Å²) in [7, 11) is 1.47. The first-order chi connectivity index (χ1) is 19.9. The van der Waals surface area contributed by atoms with Crippen LogP contribution in [0.4, 0.5) is 10.1 Å². The fraction of sp³-hybridized carbons (Fsp3) is 0.0625. The van der Waals surface area contributed by atoms with Crippen molar-refractivity contribution in [3.63, 3.8) is 0 Å². The molecule has 0 unspecified atom stereocenters. The van der Waals surface area contributed by atoms with Gasteiger partial charge in [0.2, 0.25) is 0 Å². The molecule has 2 N–H and O–H groups in total. The summed E-state index contributed by atoms with van der Waals surface area (Å²) < 4.78 is 22.2. The van der Waals surface area contributed by atoms with E-state index in [1.807, 2.05) is 48.5 Å². The first kappa shape index (κ1) is 25.7. The number of hydrogen-bond donors (Lipinski definition) is 2. The van der Waals surface area contributed by atoms with E-state index in [4.69, 9.17) is 4.74 Å². The molecular weight excluding hydrogens is 523 g/mol. The molecule has 1 amide bonds. The molecule has 1 aliphatic heterocycles. The third-order valence-corrected chi connectivity index (χ3v) is 6.93. The quantitative estimate of drug-likeness (QED) is 0.247. The molecule has 41 heavy (non-hydrogen) atoms. The second-order valence-corrected chi connectivity index (χ2v) is 9.50. The summed E-state index contributed by atoms with van der Waals surface area (Å²) in [6, 6.07) is 23.5. The van der Waals surface area contributed by atoms with Crippen molar-refractivity contribution in [2.24, 2.45) is 0 Å². The lowest BCUT2D eigenvalue weighted by Crippen LogP contribution is -2.04. The Morgan fingerprint density at radius 3 is 2.34 bits per heavy atom. The molecule has 9 heteroatoms. The number of amides is 1. The van der Waals surface area contributed by atoms with Crippen LogP contribution in [0.2, 0.25) is 0 Å². The number of benzene rings is 4. The molecule has 5 aromatic rings. The van der Waals surface area contributed by atoms with Crippen LogP contribution in [0.25, 0.3) is 39.6 Å². The highest BCUT2D eigenvalue weighted by molar-refractivity contribution is 6.35. The van der Waals surface area contributed by atoms with Gasteiger partial charge in [0.05, 0.1) is 37.3 Å². The van der Waals surface area contributed by atoms with E-state index in [1.54, 1.807) is 47.4 Å². The van der Waals surface area contributed by atoms with Crippen molar-refractivity contribution in [3.05, 3.63) is 114 Å². The van der Waals surface area contributed by atoms with E-state index in [2.05, 4.69) is 15.6 Å². The molecule has 0 fully saturated rings. The van der Waals surface area contributed by atoms with Crippen molar-refractivity contribution in [1.82, 2.24) is 15.0 Å². The summed E-state index contributed by atoms with van der Waals surface area (Å²) in [6.07, 6.45) is 4.83. The molecule has 0 saturated heterocycles. The first-order valence-corrected chi connectivity index (χ1v) is 12.7. The van der Waals surface area contributed by atoms with Gasteiger partial charge in [-0.1, -0.05) is 47.7 Å². The molecule has 0 saturated carbocycles. The molecule has 202 valence electrons. The van der Waals surface area contributed by atoms with Gasteiger partial charge >= 0.3 is 5.97 Å². The molecular formula is C32H23FN4O4. The van der Waals surface area contributed by atoms with Gasteiger partial charge in [-0.3, -0.25) is 9.59 Å². The highest BCUT2D eigenvalue weighted by Crippen LogP contribution is 2.39. The predicted octanol–water partition coefficient (Wildman–Crippen LogP) is 5.87. The van der Waals surface area contributed by atoms with Gasteiger partial charge in [0.25, 0.3) is 5.91 Å². The number of aromatic nitrogens is 3. The van der Waals surface area contributed by atoms with E-state index in [0.717, 1.165) is 16.8 Å². The number of carbonyl (C=O) groups excluding carboxylic acids is 1. The molecule has 1 aromatic heterocycles. The van der Waals surface area contributed by atoms with Crippen molar-refractivity contribution in [2.45, 2.75) is 6.42 Å². The Morgan fingerprint density at radius 2 is 1.68 bits per heavy atom. The van der Waals surface area contributed by atoms with Gasteiger partial charge in [0, 0.05) is 22.3 Å². The van der Waals surface area contributed by atoms with Crippen LogP contribution in [-0.4, -0.2) is 39.1 Å². The molecule has 0 radical (unpaired) electrons. The zero-order valence-electron chi connectivity index (χ0n) is 21.8. The van der Waals surface area contributed by atoms with Crippen LogP contribution in [0.15, 0.2) is 91.3 Å². The van der Waals surface area contributed by atoms with Gasteiger partial charge in [-0.25, -0.2) is 9.07 Å². The summed E-state index contributed by atoms with van der Waals surface area (Å²) in [4.78, 5) is 24.1. The highest BCUT2D eigenvalue weighted by Gasteiger charge is 2.26. The summed E-state index contributed by atoms with van der Waals surface area (Å²) in [6.45, 7) is 0. The van der Waals surface area contributed by atoms with Crippen molar-refractivity contribution in [1.29, 1.82) is 0 Å². The van der Waals surface area contributed by atoms with Crippen LogP contribution in [-0.2, 0) is 16.0 Å². The number of fused-ring (bicyclic) bond motifs is 1. The Hall–Kier alpha value is -5.57. The Labute approximate surface area is 234 Å². The molecule has 1 aliphatic rings. The van der Waals surface area contributed by atoms with Crippen LogP contribution in [0.1, 0.15) is 16.7 Å². The summed E-state index contributed by atoms with van der Waals surface area (Å²) >= 11 is 0. The van der Waals surface area contributed by atoms with Crippen molar-refractivity contribution in [2.75, 3.05) is 12.4 Å². The lowest BCUT2D eigenvalue weighted by Gasteiger charge is -2.10. The number of carboxylic acid groups (broad SMARTS) is 1. The number of aliphatic carboxylic acids is 1. The number of anilines is 1. The Balaban J connectivity index is 1.31. The molecule has 8 nitrogen and oxygen atoms in total. The fourth-order valence-corrected chi connectivity index (χ4v) is 4.93. The third kappa shape index (κ3) is 5.08. The van der Waals surface area contributed by atoms with Gasteiger partial charge in [0.1, 0.15) is 11.6 Å². The number of halogens is 1. The Bertz CT molecular complexity index is 1810. The summed E-state index contributed by atoms with van der Waals surface area (Å²) in [5.41, 5.74) is 6.30. The predicted molar refractivity (Wildman–Crippen MR) is 153 cm³/mol. The topological polar surface area (TPSA) is 106 Å². The minimum Gasteiger partial charge on any atom is -0.496 e. The molecule has 0 aliphatic carbocycles. The van der Waals surface area contributed by atoms with Gasteiger partial charge in [-0.05, 0) is 64.7 Å². The van der Waals surface area contributed by atoms with E-state index < -0.39 is 11.8 Å². The van der Waals surface area contributed by atoms with E-state index in [9.17, 15) is 14.7 Å². The number of nitrogens with zero attached hydrogens (tertiary/aromatic N) is 3. The second-order valence-electron chi connectivity index (χ2n) is 9.50. The second kappa shape index (κ2) is 10.5. The van der Waals surface area contributed by atoms with Crippen LogP contribution in [0.3, 0.4) is 0 Å². The van der Waals surface area contributed by atoms with Gasteiger partial charge < -0.3 is 15.2 Å². The number of carbonyl (C=O) groups is 2. The molecule has 0 atom stereocenters. The average molecular weight is 547 g/mol. The Kier molecular flexibility index (Phi) is 6.60. The van der Waals surface area contributed by atoms with Crippen molar-refractivity contribution in [3.8, 4) is 33.7 Å². The molecule has 4 aromatic carbocycles. The maximum absolute atomic E-state index is 15.2. The van der Waals surface area contributed by atoms with E-state index in [-0.39, 0.29) is 12.3 Å². The van der Waals surface area contributed by atoms with Crippen LogP contribution >= 0.6 is 0 Å². The fourth-order valence-electron chi connectivity index (χ4n) is 4.93. The highest BCUT2D eigenvalue weighted by atomic mass is 19.1. The van der Waals surface area contributed by atoms with Crippen molar-refractivity contribution >= 4 is 29.2 Å². The molecule has 0 bridgehead atoms. The number of methoxy groups -OCH3 is 1. The van der Waals surface area contributed by atoms with Crippen LogP contribution in [0.5, 0.6) is 5.75 Å². The number of rotatable bonds is 7. The molecule has 0 spiro atoms. The monoisotopic (exact) mass is 546 g/mol. The van der Waals surface area contributed by atoms with E-state index in [0.29, 0.717) is 44.8 Å². The smallest absolute Gasteiger partial charge is 0.307 e.